The van der Waals surface area contributed by atoms with Gasteiger partial charge in [0.2, 0.25) is 10.0 Å². The Morgan fingerprint density at radius 2 is 1.92 bits per heavy atom. The van der Waals surface area contributed by atoms with Crippen molar-refractivity contribution in [3.8, 4) is 5.75 Å². The number of halogens is 1. The predicted molar refractivity (Wildman–Crippen MR) is 106 cm³/mol. The fourth-order valence-corrected chi connectivity index (χ4v) is 3.31. The number of amides is 1. The molecular formula is C18H21BrN2O4S. The van der Waals surface area contributed by atoms with E-state index in [0.717, 1.165) is 20.6 Å². The molecule has 1 N–H and O–H groups in total. The Labute approximate surface area is 162 Å². The van der Waals surface area contributed by atoms with E-state index in [1.807, 2.05) is 31.2 Å². The molecule has 0 aliphatic rings. The van der Waals surface area contributed by atoms with Gasteiger partial charge in [-0.15, -0.1) is 0 Å². The van der Waals surface area contributed by atoms with Gasteiger partial charge in [-0.05, 0) is 42.8 Å². The lowest BCUT2D eigenvalue weighted by Crippen LogP contribution is -2.28. The Hall–Kier alpha value is -2.06. The van der Waals surface area contributed by atoms with Crippen molar-refractivity contribution in [2.24, 2.45) is 0 Å². The van der Waals surface area contributed by atoms with E-state index in [1.165, 1.54) is 20.2 Å². The average molecular weight is 441 g/mol. The van der Waals surface area contributed by atoms with Crippen LogP contribution in [0.1, 0.15) is 28.9 Å². The summed E-state index contributed by atoms with van der Waals surface area (Å²) in [6, 6.07) is 12.1. The van der Waals surface area contributed by atoms with Crippen LogP contribution in [0.5, 0.6) is 5.75 Å². The van der Waals surface area contributed by atoms with Crippen molar-refractivity contribution in [1.82, 2.24) is 5.32 Å². The highest BCUT2D eigenvalue weighted by Gasteiger charge is 2.19. The molecule has 0 heterocycles. The fraction of sp³-hybridized carbons (Fsp3) is 0.278. The molecule has 140 valence electrons. The third kappa shape index (κ3) is 4.76. The van der Waals surface area contributed by atoms with Crippen molar-refractivity contribution in [3.05, 3.63) is 58.1 Å². The number of anilines is 1. The molecule has 0 spiro atoms. The van der Waals surface area contributed by atoms with Gasteiger partial charge >= 0.3 is 0 Å². The number of nitrogens with one attached hydrogen (secondary N) is 1. The summed E-state index contributed by atoms with van der Waals surface area (Å²) in [6.45, 7) is 1.87. The summed E-state index contributed by atoms with van der Waals surface area (Å²) in [7, 11) is -0.538. The Bertz CT molecular complexity index is 915. The van der Waals surface area contributed by atoms with Crippen LogP contribution in [-0.2, 0) is 10.0 Å². The van der Waals surface area contributed by atoms with Crippen molar-refractivity contribution >= 4 is 37.5 Å². The first kappa shape index (κ1) is 20.3. The molecule has 0 bridgehead atoms. The van der Waals surface area contributed by atoms with Crippen molar-refractivity contribution in [2.75, 3.05) is 24.7 Å². The molecule has 6 nitrogen and oxygen atoms in total. The first-order valence-electron chi connectivity index (χ1n) is 7.81. The summed E-state index contributed by atoms with van der Waals surface area (Å²) in [4.78, 5) is 12.7. The molecule has 2 aromatic rings. The van der Waals surface area contributed by atoms with Gasteiger partial charge in [0.1, 0.15) is 5.75 Å². The maximum atomic E-state index is 12.7. The maximum absolute atomic E-state index is 12.7. The van der Waals surface area contributed by atoms with Gasteiger partial charge in [-0.3, -0.25) is 9.10 Å². The Kier molecular flexibility index (Phi) is 6.30. The van der Waals surface area contributed by atoms with Crippen LogP contribution in [0.2, 0.25) is 0 Å². The van der Waals surface area contributed by atoms with Crippen molar-refractivity contribution < 1.29 is 17.9 Å². The molecule has 0 radical (unpaired) electrons. The number of methoxy groups -OCH3 is 1. The summed E-state index contributed by atoms with van der Waals surface area (Å²) in [6.07, 6.45) is 1.10. The predicted octanol–water partition coefficient (Wildman–Crippen LogP) is 3.34. The third-order valence-corrected chi connectivity index (χ3v) is 5.68. The number of carbonyl (C=O) groups excluding carboxylic acids is 1. The number of hydrogen-bond donors (Lipinski definition) is 1. The van der Waals surface area contributed by atoms with Crippen LogP contribution in [-0.4, -0.2) is 34.7 Å². The highest BCUT2D eigenvalue weighted by atomic mass is 79.9. The van der Waals surface area contributed by atoms with Crippen molar-refractivity contribution in [3.63, 3.8) is 0 Å². The molecule has 0 aliphatic heterocycles. The van der Waals surface area contributed by atoms with E-state index < -0.39 is 10.0 Å². The molecule has 0 saturated heterocycles. The summed E-state index contributed by atoms with van der Waals surface area (Å²) >= 11 is 3.41. The SMILES string of the molecule is COc1ccc(N(C)S(C)(=O)=O)cc1C(=O)N[C@H](C)c1cccc(Br)c1. The van der Waals surface area contributed by atoms with Crippen LogP contribution in [0, 0.1) is 0 Å². The molecule has 26 heavy (non-hydrogen) atoms. The van der Waals surface area contributed by atoms with Gasteiger partial charge in [-0.2, -0.15) is 0 Å². The summed E-state index contributed by atoms with van der Waals surface area (Å²) in [5.74, 6) is 0.0210. The second-order valence-electron chi connectivity index (χ2n) is 5.87. The zero-order valence-electron chi connectivity index (χ0n) is 15.0. The average Bonchev–Trinajstić information content (AvgIpc) is 2.59. The first-order chi connectivity index (χ1) is 12.1. The van der Waals surface area contributed by atoms with E-state index in [-0.39, 0.29) is 17.5 Å². The minimum atomic E-state index is -3.43. The van der Waals surface area contributed by atoms with E-state index >= 15 is 0 Å². The van der Waals surface area contributed by atoms with Crippen LogP contribution in [0.15, 0.2) is 46.9 Å². The second kappa shape index (κ2) is 8.09. The van der Waals surface area contributed by atoms with Gasteiger partial charge in [0, 0.05) is 11.5 Å². The standard InChI is InChI=1S/C18H21BrN2O4S/c1-12(13-6-5-7-14(19)10-13)20-18(22)16-11-15(8-9-17(16)25-3)21(2)26(4,23)24/h5-12H,1-4H3,(H,20,22)/t12-/m1/s1. The summed E-state index contributed by atoms with van der Waals surface area (Å²) in [5, 5.41) is 2.91. The van der Waals surface area contributed by atoms with Crippen LogP contribution in [0.4, 0.5) is 5.69 Å². The number of sulfonamides is 1. The van der Waals surface area contributed by atoms with Gasteiger partial charge in [0.25, 0.3) is 5.91 Å². The smallest absolute Gasteiger partial charge is 0.255 e. The monoisotopic (exact) mass is 440 g/mol. The lowest BCUT2D eigenvalue weighted by Gasteiger charge is -2.20. The quantitative estimate of drug-likeness (QED) is 0.746. The maximum Gasteiger partial charge on any atom is 0.255 e. The number of nitrogens with zero attached hydrogens (tertiary/aromatic N) is 1. The molecule has 0 aliphatic carbocycles. The highest BCUT2D eigenvalue weighted by Crippen LogP contribution is 2.26. The molecule has 1 atom stereocenters. The van der Waals surface area contributed by atoms with Crippen molar-refractivity contribution in [2.45, 2.75) is 13.0 Å². The normalized spacial score (nSPS) is 12.3. The van der Waals surface area contributed by atoms with Crippen LogP contribution in [0.3, 0.4) is 0 Å². The zero-order chi connectivity index (χ0) is 19.5. The van der Waals surface area contributed by atoms with Gasteiger partial charge in [-0.1, -0.05) is 28.1 Å². The third-order valence-electron chi connectivity index (χ3n) is 3.99. The van der Waals surface area contributed by atoms with E-state index in [4.69, 9.17) is 4.74 Å². The second-order valence-corrected chi connectivity index (χ2v) is 8.79. The highest BCUT2D eigenvalue weighted by molar-refractivity contribution is 9.10. The molecule has 0 saturated carbocycles. The van der Waals surface area contributed by atoms with Gasteiger partial charge in [-0.25, -0.2) is 8.42 Å². The minimum absolute atomic E-state index is 0.235. The van der Waals surface area contributed by atoms with Crippen molar-refractivity contribution in [1.29, 1.82) is 0 Å². The van der Waals surface area contributed by atoms with E-state index in [0.29, 0.717) is 11.4 Å². The first-order valence-corrected chi connectivity index (χ1v) is 10.5. The molecule has 2 aromatic carbocycles. The Morgan fingerprint density at radius 1 is 1.23 bits per heavy atom. The lowest BCUT2D eigenvalue weighted by atomic mass is 10.1. The summed E-state index contributed by atoms with van der Waals surface area (Å²) in [5.41, 5.74) is 1.59. The van der Waals surface area contributed by atoms with Gasteiger partial charge in [0.05, 0.1) is 30.7 Å². The van der Waals surface area contributed by atoms with Crippen LogP contribution in [0.25, 0.3) is 0 Å². The number of carbonyl (C=O) groups is 1. The van der Waals surface area contributed by atoms with E-state index in [9.17, 15) is 13.2 Å². The van der Waals surface area contributed by atoms with Crippen LogP contribution < -0.4 is 14.4 Å². The number of ether oxygens (including phenoxy) is 1. The molecule has 0 aromatic heterocycles. The van der Waals surface area contributed by atoms with Gasteiger partial charge < -0.3 is 10.1 Å². The molecule has 2 rings (SSSR count). The molecule has 0 fully saturated rings. The van der Waals surface area contributed by atoms with Gasteiger partial charge in [0.15, 0.2) is 0 Å². The zero-order valence-corrected chi connectivity index (χ0v) is 17.4. The summed E-state index contributed by atoms with van der Waals surface area (Å²) < 4.78 is 30.8. The Morgan fingerprint density at radius 3 is 2.50 bits per heavy atom. The number of rotatable bonds is 6. The minimum Gasteiger partial charge on any atom is -0.496 e. The fourth-order valence-electron chi connectivity index (χ4n) is 2.39. The topological polar surface area (TPSA) is 75.7 Å². The Balaban J connectivity index is 2.32. The van der Waals surface area contributed by atoms with Crippen LogP contribution >= 0.6 is 15.9 Å². The number of hydrogen-bond acceptors (Lipinski definition) is 4. The number of benzene rings is 2. The molecule has 1 amide bonds. The van der Waals surface area contributed by atoms with E-state index in [1.54, 1.807) is 12.1 Å². The lowest BCUT2D eigenvalue weighted by molar-refractivity contribution is 0.0937. The largest absolute Gasteiger partial charge is 0.496 e. The molecule has 0 unspecified atom stereocenters. The molecule has 8 heteroatoms. The van der Waals surface area contributed by atoms with E-state index in [2.05, 4.69) is 21.2 Å². The molecular weight excluding hydrogens is 420 g/mol.